The summed E-state index contributed by atoms with van der Waals surface area (Å²) >= 11 is 1.55. The van der Waals surface area contributed by atoms with Gasteiger partial charge in [-0.05, 0) is 30.7 Å². The van der Waals surface area contributed by atoms with Crippen LogP contribution in [0.2, 0.25) is 0 Å². The minimum Gasteiger partial charge on any atom is -0.490 e. The Bertz CT molecular complexity index is 630. The number of nitrogens with one attached hydrogen (secondary N) is 2. The second-order valence-corrected chi connectivity index (χ2v) is 5.98. The number of ether oxygens (including phenoxy) is 1. The average molecular weight is 304 g/mol. The molecule has 0 spiro atoms. The number of fused-ring (bicyclic) bond motifs is 1. The highest BCUT2D eigenvalue weighted by Gasteiger charge is 2.20. The summed E-state index contributed by atoms with van der Waals surface area (Å²) in [6, 6.07) is 5.59. The summed E-state index contributed by atoms with van der Waals surface area (Å²) in [6.45, 7) is 2.61. The van der Waals surface area contributed by atoms with Crippen molar-refractivity contribution in [2.45, 2.75) is 24.5 Å². The summed E-state index contributed by atoms with van der Waals surface area (Å²) in [5, 5.41) is 13.9. The molecule has 1 aliphatic rings. The lowest BCUT2D eigenvalue weighted by atomic mass is 10.1. The Hall–Kier alpha value is -2.02. The molecular formula is C14H16N4O2S. The highest BCUT2D eigenvalue weighted by atomic mass is 32.2. The number of rotatable bonds is 5. The Morgan fingerprint density at radius 3 is 3.29 bits per heavy atom. The van der Waals surface area contributed by atoms with Gasteiger partial charge in [-0.25, -0.2) is 0 Å². The normalized spacial score (nSPS) is 16.3. The van der Waals surface area contributed by atoms with E-state index in [-0.39, 0.29) is 12.0 Å². The zero-order valence-corrected chi connectivity index (χ0v) is 12.4. The lowest BCUT2D eigenvalue weighted by Gasteiger charge is -2.06. The van der Waals surface area contributed by atoms with Crippen molar-refractivity contribution in [2.75, 3.05) is 12.3 Å². The monoisotopic (exact) mass is 304 g/mol. The van der Waals surface area contributed by atoms with Crippen molar-refractivity contribution in [1.29, 1.82) is 0 Å². The minimum absolute atomic E-state index is 0.0573. The fourth-order valence-electron chi connectivity index (χ4n) is 2.25. The number of H-pyrrole nitrogens is 1. The fourth-order valence-corrected chi connectivity index (χ4v) is 2.89. The molecule has 1 aliphatic heterocycles. The largest absolute Gasteiger partial charge is 0.490 e. The van der Waals surface area contributed by atoms with Gasteiger partial charge in [0.05, 0.1) is 6.20 Å². The van der Waals surface area contributed by atoms with Crippen LogP contribution in [0.1, 0.15) is 22.8 Å². The van der Waals surface area contributed by atoms with E-state index in [9.17, 15) is 4.79 Å². The molecule has 0 saturated heterocycles. The van der Waals surface area contributed by atoms with Crippen LogP contribution in [0.15, 0.2) is 29.4 Å². The molecule has 21 heavy (non-hydrogen) atoms. The molecule has 1 aromatic carbocycles. The van der Waals surface area contributed by atoms with E-state index in [1.807, 2.05) is 19.1 Å². The van der Waals surface area contributed by atoms with Crippen LogP contribution in [0, 0.1) is 0 Å². The summed E-state index contributed by atoms with van der Waals surface area (Å²) < 4.78 is 5.63. The zero-order valence-electron chi connectivity index (χ0n) is 11.6. The van der Waals surface area contributed by atoms with Crippen LogP contribution >= 0.6 is 11.8 Å². The molecule has 1 amide bonds. The number of aromatic amines is 1. The zero-order chi connectivity index (χ0) is 14.7. The molecule has 2 heterocycles. The maximum absolute atomic E-state index is 12.1. The summed E-state index contributed by atoms with van der Waals surface area (Å²) in [4.78, 5) is 12.1. The van der Waals surface area contributed by atoms with Gasteiger partial charge in [0.25, 0.3) is 5.91 Å². The van der Waals surface area contributed by atoms with E-state index in [2.05, 4.69) is 20.7 Å². The third kappa shape index (κ3) is 3.36. The molecular weight excluding hydrogens is 288 g/mol. The summed E-state index contributed by atoms with van der Waals surface area (Å²) in [5.74, 6) is 1.59. The van der Waals surface area contributed by atoms with Crippen LogP contribution < -0.4 is 10.1 Å². The lowest BCUT2D eigenvalue weighted by molar-refractivity contribution is 0.0956. The number of benzene rings is 1. The van der Waals surface area contributed by atoms with Crippen molar-refractivity contribution in [3.8, 4) is 5.75 Å². The lowest BCUT2D eigenvalue weighted by Crippen LogP contribution is -2.25. The fraction of sp³-hybridized carbons (Fsp3) is 0.357. The van der Waals surface area contributed by atoms with Crippen LogP contribution in [0.3, 0.4) is 0 Å². The van der Waals surface area contributed by atoms with Crippen LogP contribution in [0.4, 0.5) is 0 Å². The van der Waals surface area contributed by atoms with Gasteiger partial charge in [0.15, 0.2) is 0 Å². The number of carbonyl (C=O) groups is 1. The molecule has 0 unspecified atom stereocenters. The molecule has 0 saturated carbocycles. The second-order valence-electron chi connectivity index (χ2n) is 4.87. The molecule has 110 valence electrons. The topological polar surface area (TPSA) is 79.9 Å². The van der Waals surface area contributed by atoms with Crippen LogP contribution in [0.5, 0.6) is 5.75 Å². The molecule has 0 aliphatic carbocycles. The molecule has 7 heteroatoms. The average Bonchev–Trinajstić information content (AvgIpc) is 3.10. The number of carbonyl (C=O) groups excluding carboxylic acids is 1. The number of hydrogen-bond donors (Lipinski definition) is 2. The van der Waals surface area contributed by atoms with Gasteiger partial charge in [-0.2, -0.15) is 10.3 Å². The Morgan fingerprint density at radius 1 is 1.57 bits per heavy atom. The maximum atomic E-state index is 12.1. The second kappa shape index (κ2) is 6.17. The van der Waals surface area contributed by atoms with Crippen molar-refractivity contribution >= 4 is 17.7 Å². The van der Waals surface area contributed by atoms with Crippen LogP contribution in [-0.2, 0) is 6.42 Å². The predicted octanol–water partition coefficient (Wildman–Crippen LogP) is 1.65. The van der Waals surface area contributed by atoms with Gasteiger partial charge >= 0.3 is 0 Å². The summed E-state index contributed by atoms with van der Waals surface area (Å²) in [6.07, 6.45) is 2.71. The number of hydrogen-bond acceptors (Lipinski definition) is 5. The van der Waals surface area contributed by atoms with Gasteiger partial charge in [-0.3, -0.25) is 4.79 Å². The highest BCUT2D eigenvalue weighted by Crippen LogP contribution is 2.29. The number of amides is 1. The first-order valence-electron chi connectivity index (χ1n) is 6.79. The standard InChI is InChI=1S/C14H16N4O2S/c1-9-6-11-7-10(2-3-12(11)20-9)14(19)15-4-5-21-13-8-16-18-17-13/h2-3,7-9H,4-6H2,1H3,(H,15,19)(H,16,17,18)/t9-/m0/s1. The van der Waals surface area contributed by atoms with Crippen molar-refractivity contribution in [2.24, 2.45) is 0 Å². The molecule has 0 bridgehead atoms. The number of aromatic nitrogens is 3. The Balaban J connectivity index is 1.50. The smallest absolute Gasteiger partial charge is 0.251 e. The third-order valence-corrected chi connectivity index (χ3v) is 4.09. The molecule has 2 N–H and O–H groups in total. The number of thioether (sulfide) groups is 1. The van der Waals surface area contributed by atoms with Gasteiger partial charge < -0.3 is 10.1 Å². The van der Waals surface area contributed by atoms with Gasteiger partial charge in [0, 0.05) is 24.3 Å². The van der Waals surface area contributed by atoms with Crippen molar-refractivity contribution in [3.05, 3.63) is 35.5 Å². The first-order chi connectivity index (χ1) is 10.2. The molecule has 0 fully saturated rings. The molecule has 3 rings (SSSR count). The van der Waals surface area contributed by atoms with Gasteiger partial charge in [0.1, 0.15) is 16.9 Å². The Kier molecular flexibility index (Phi) is 4.10. The summed E-state index contributed by atoms with van der Waals surface area (Å²) in [7, 11) is 0. The van der Waals surface area contributed by atoms with E-state index >= 15 is 0 Å². The van der Waals surface area contributed by atoms with Crippen LogP contribution in [-0.4, -0.2) is 39.7 Å². The van der Waals surface area contributed by atoms with Crippen molar-refractivity contribution < 1.29 is 9.53 Å². The SMILES string of the molecule is C[C@H]1Cc2cc(C(=O)NCCSc3cn[nH]n3)ccc2O1. The van der Waals surface area contributed by atoms with E-state index in [4.69, 9.17) is 4.74 Å². The first kappa shape index (κ1) is 13.9. The predicted molar refractivity (Wildman–Crippen MR) is 79.7 cm³/mol. The molecule has 2 aromatic rings. The first-order valence-corrected chi connectivity index (χ1v) is 7.77. The molecule has 6 nitrogen and oxygen atoms in total. The van der Waals surface area contributed by atoms with E-state index in [0.717, 1.165) is 28.5 Å². The third-order valence-electron chi connectivity index (χ3n) is 3.19. The number of nitrogens with zero attached hydrogens (tertiary/aromatic N) is 2. The van der Waals surface area contributed by atoms with E-state index in [1.165, 1.54) is 0 Å². The van der Waals surface area contributed by atoms with Gasteiger partial charge in [0.2, 0.25) is 0 Å². The van der Waals surface area contributed by atoms with Crippen molar-refractivity contribution in [3.63, 3.8) is 0 Å². The van der Waals surface area contributed by atoms with Gasteiger partial charge in [-0.15, -0.1) is 16.9 Å². The van der Waals surface area contributed by atoms with E-state index in [0.29, 0.717) is 12.1 Å². The van der Waals surface area contributed by atoms with E-state index in [1.54, 1.807) is 24.0 Å². The molecule has 1 aromatic heterocycles. The quantitative estimate of drug-likeness (QED) is 0.648. The highest BCUT2D eigenvalue weighted by molar-refractivity contribution is 7.99. The Labute approximate surface area is 126 Å². The van der Waals surface area contributed by atoms with E-state index < -0.39 is 0 Å². The van der Waals surface area contributed by atoms with Gasteiger partial charge in [-0.1, -0.05) is 0 Å². The maximum Gasteiger partial charge on any atom is 0.251 e. The molecule has 1 atom stereocenters. The minimum atomic E-state index is -0.0573. The van der Waals surface area contributed by atoms with Crippen molar-refractivity contribution in [1.82, 2.24) is 20.7 Å². The Morgan fingerprint density at radius 2 is 2.48 bits per heavy atom. The molecule has 0 radical (unpaired) electrons. The summed E-state index contributed by atoms with van der Waals surface area (Å²) in [5.41, 5.74) is 1.78. The van der Waals surface area contributed by atoms with Crippen LogP contribution in [0.25, 0.3) is 0 Å².